The van der Waals surface area contributed by atoms with E-state index in [9.17, 15) is 4.79 Å². The second-order valence-corrected chi connectivity index (χ2v) is 3.63. The van der Waals surface area contributed by atoms with E-state index in [0.717, 1.165) is 0 Å². The first-order valence-corrected chi connectivity index (χ1v) is 5.39. The van der Waals surface area contributed by atoms with Gasteiger partial charge in [-0.25, -0.2) is 4.79 Å². The molecule has 0 heterocycles. The number of alkyl halides is 1. The third-order valence-corrected chi connectivity index (χ3v) is 2.08. The van der Waals surface area contributed by atoms with Gasteiger partial charge < -0.3 is 4.74 Å². The molecule has 0 radical (unpaired) electrons. The van der Waals surface area contributed by atoms with Crippen LogP contribution >= 0.6 is 23.2 Å². The van der Waals surface area contributed by atoms with Crippen molar-refractivity contribution in [3.8, 4) is 0 Å². The number of nitrogens with one attached hydrogen (secondary N) is 1. The molecule has 0 saturated carbocycles. The van der Waals surface area contributed by atoms with E-state index in [2.05, 4.69) is 5.32 Å². The number of carbonyl (C=O) groups is 1. The van der Waals surface area contributed by atoms with Crippen molar-refractivity contribution in [1.29, 1.82) is 0 Å². The van der Waals surface area contributed by atoms with Gasteiger partial charge in [-0.1, -0.05) is 17.7 Å². The number of rotatable bonds is 4. The van der Waals surface area contributed by atoms with Crippen molar-refractivity contribution in [2.75, 3.05) is 17.8 Å². The SMILES string of the molecule is O=C(Nc1cccc(Cl)c1)OCCCCl. The Morgan fingerprint density at radius 1 is 1.47 bits per heavy atom. The Bertz CT molecular complexity index is 331. The summed E-state index contributed by atoms with van der Waals surface area (Å²) in [6.07, 6.45) is 0.146. The Kier molecular flexibility index (Phi) is 5.29. The van der Waals surface area contributed by atoms with E-state index in [1.165, 1.54) is 0 Å². The van der Waals surface area contributed by atoms with Gasteiger partial charge in [-0.3, -0.25) is 5.32 Å². The standard InChI is InChI=1S/C10H11Cl2NO2/c11-5-2-6-15-10(14)13-9-4-1-3-8(12)7-9/h1,3-4,7H,2,5-6H2,(H,13,14). The summed E-state index contributed by atoms with van der Waals surface area (Å²) >= 11 is 11.2. The van der Waals surface area contributed by atoms with Crippen LogP contribution in [-0.4, -0.2) is 18.6 Å². The minimum Gasteiger partial charge on any atom is -0.449 e. The van der Waals surface area contributed by atoms with Crippen LogP contribution in [0.15, 0.2) is 24.3 Å². The molecule has 0 saturated heterocycles. The van der Waals surface area contributed by atoms with E-state index in [1.807, 2.05) is 0 Å². The Morgan fingerprint density at radius 3 is 2.93 bits per heavy atom. The van der Waals surface area contributed by atoms with Crippen LogP contribution in [0.1, 0.15) is 6.42 Å². The fourth-order valence-corrected chi connectivity index (χ4v) is 1.24. The van der Waals surface area contributed by atoms with E-state index < -0.39 is 6.09 Å². The van der Waals surface area contributed by atoms with Crippen LogP contribution < -0.4 is 5.32 Å². The van der Waals surface area contributed by atoms with Crippen molar-refractivity contribution in [1.82, 2.24) is 0 Å². The minimum absolute atomic E-state index is 0.315. The molecule has 15 heavy (non-hydrogen) atoms. The number of amides is 1. The molecule has 0 aliphatic heterocycles. The highest BCUT2D eigenvalue weighted by atomic mass is 35.5. The zero-order chi connectivity index (χ0) is 11.1. The highest BCUT2D eigenvalue weighted by Gasteiger charge is 2.02. The number of carbonyl (C=O) groups excluding carboxylic acids is 1. The molecule has 0 aliphatic carbocycles. The van der Waals surface area contributed by atoms with Gasteiger partial charge >= 0.3 is 6.09 Å². The molecule has 5 heteroatoms. The Hall–Kier alpha value is -0.930. The fourth-order valence-electron chi connectivity index (χ4n) is 0.940. The first kappa shape index (κ1) is 12.1. The van der Waals surface area contributed by atoms with Gasteiger partial charge in [0.25, 0.3) is 0 Å². The minimum atomic E-state index is -0.498. The molecule has 0 unspecified atom stereocenters. The molecule has 0 fully saturated rings. The van der Waals surface area contributed by atoms with E-state index in [4.69, 9.17) is 27.9 Å². The van der Waals surface area contributed by atoms with Crippen LogP contribution in [0.3, 0.4) is 0 Å². The molecular formula is C10H11Cl2NO2. The van der Waals surface area contributed by atoms with Gasteiger partial charge in [-0.2, -0.15) is 0 Å². The molecule has 1 N–H and O–H groups in total. The maximum atomic E-state index is 11.2. The molecule has 1 rings (SSSR count). The van der Waals surface area contributed by atoms with Gasteiger partial charge in [0.2, 0.25) is 0 Å². The molecule has 0 aromatic heterocycles. The summed E-state index contributed by atoms with van der Waals surface area (Å²) in [5.41, 5.74) is 0.610. The van der Waals surface area contributed by atoms with Crippen LogP contribution in [0.25, 0.3) is 0 Å². The van der Waals surface area contributed by atoms with E-state index >= 15 is 0 Å². The lowest BCUT2D eigenvalue weighted by molar-refractivity contribution is 0.162. The summed E-state index contributed by atoms with van der Waals surface area (Å²) in [6.45, 7) is 0.315. The van der Waals surface area contributed by atoms with Crippen molar-refractivity contribution in [2.24, 2.45) is 0 Å². The third kappa shape index (κ3) is 4.91. The molecule has 3 nitrogen and oxygen atoms in total. The molecule has 0 spiro atoms. The quantitative estimate of drug-likeness (QED) is 0.654. The van der Waals surface area contributed by atoms with Gasteiger partial charge in [-0.15, -0.1) is 11.6 Å². The monoisotopic (exact) mass is 247 g/mol. The van der Waals surface area contributed by atoms with Crippen molar-refractivity contribution in [3.63, 3.8) is 0 Å². The molecule has 1 aromatic carbocycles. The van der Waals surface area contributed by atoms with Gasteiger partial charge in [0.1, 0.15) is 0 Å². The average molecular weight is 248 g/mol. The van der Waals surface area contributed by atoms with Crippen molar-refractivity contribution in [2.45, 2.75) is 6.42 Å². The molecule has 0 atom stereocenters. The topological polar surface area (TPSA) is 38.3 Å². The van der Waals surface area contributed by atoms with Crippen molar-refractivity contribution in [3.05, 3.63) is 29.3 Å². The first-order valence-electron chi connectivity index (χ1n) is 4.47. The summed E-state index contributed by atoms with van der Waals surface area (Å²) < 4.78 is 4.85. The first-order chi connectivity index (χ1) is 7.22. The maximum Gasteiger partial charge on any atom is 0.411 e. The van der Waals surface area contributed by atoms with Crippen LogP contribution in [0, 0.1) is 0 Å². The maximum absolute atomic E-state index is 11.2. The second-order valence-electron chi connectivity index (χ2n) is 2.81. The van der Waals surface area contributed by atoms with Gasteiger partial charge in [0, 0.05) is 16.6 Å². The smallest absolute Gasteiger partial charge is 0.411 e. The van der Waals surface area contributed by atoms with E-state index in [0.29, 0.717) is 29.6 Å². The molecule has 1 aromatic rings. The van der Waals surface area contributed by atoms with Crippen LogP contribution in [0.2, 0.25) is 5.02 Å². The fraction of sp³-hybridized carbons (Fsp3) is 0.300. The number of benzene rings is 1. The Balaban J connectivity index is 2.37. The molecule has 82 valence electrons. The lowest BCUT2D eigenvalue weighted by Gasteiger charge is -2.06. The number of ether oxygens (including phenoxy) is 1. The zero-order valence-corrected chi connectivity index (χ0v) is 9.52. The summed E-state index contributed by atoms with van der Waals surface area (Å²) in [5.74, 6) is 0.477. The van der Waals surface area contributed by atoms with Crippen molar-refractivity contribution >= 4 is 35.0 Å². The predicted octanol–water partition coefficient (Wildman–Crippen LogP) is 3.52. The third-order valence-electron chi connectivity index (χ3n) is 1.58. The van der Waals surface area contributed by atoms with E-state index in [1.54, 1.807) is 24.3 Å². The summed E-state index contributed by atoms with van der Waals surface area (Å²) in [5, 5.41) is 3.12. The number of hydrogen-bond donors (Lipinski definition) is 1. The van der Waals surface area contributed by atoms with Gasteiger partial charge in [-0.05, 0) is 24.6 Å². The van der Waals surface area contributed by atoms with Crippen molar-refractivity contribution < 1.29 is 9.53 Å². The van der Waals surface area contributed by atoms with Crippen LogP contribution in [0.4, 0.5) is 10.5 Å². The summed E-state index contributed by atoms with van der Waals surface area (Å²) in [6, 6.07) is 6.85. The normalized spacial score (nSPS) is 9.73. The van der Waals surface area contributed by atoms with Crippen LogP contribution in [0.5, 0.6) is 0 Å². The largest absolute Gasteiger partial charge is 0.449 e. The van der Waals surface area contributed by atoms with Gasteiger partial charge in [0.15, 0.2) is 0 Å². The molecule has 0 bridgehead atoms. The molecule has 0 aliphatic rings. The lowest BCUT2D eigenvalue weighted by Crippen LogP contribution is -2.14. The summed E-state index contributed by atoms with van der Waals surface area (Å²) in [4.78, 5) is 11.2. The number of anilines is 1. The number of hydrogen-bond acceptors (Lipinski definition) is 2. The van der Waals surface area contributed by atoms with Crippen LogP contribution in [-0.2, 0) is 4.74 Å². The Labute approximate surface area is 98.3 Å². The lowest BCUT2D eigenvalue weighted by atomic mass is 10.3. The highest BCUT2D eigenvalue weighted by Crippen LogP contribution is 2.14. The van der Waals surface area contributed by atoms with Gasteiger partial charge in [0.05, 0.1) is 6.61 Å². The predicted molar refractivity (Wildman–Crippen MR) is 61.8 cm³/mol. The number of halogens is 2. The summed E-state index contributed by atoms with van der Waals surface area (Å²) in [7, 11) is 0. The molecule has 1 amide bonds. The molecular weight excluding hydrogens is 237 g/mol. The average Bonchev–Trinajstić information content (AvgIpc) is 2.18. The zero-order valence-electron chi connectivity index (χ0n) is 8.00. The Morgan fingerprint density at radius 2 is 2.27 bits per heavy atom. The second kappa shape index (κ2) is 6.53. The highest BCUT2D eigenvalue weighted by molar-refractivity contribution is 6.30. The van der Waals surface area contributed by atoms with E-state index in [-0.39, 0.29) is 0 Å².